The van der Waals surface area contributed by atoms with Crippen molar-refractivity contribution in [1.82, 2.24) is 14.5 Å². The Morgan fingerprint density at radius 2 is 2.16 bits per heavy atom. The molecule has 1 aromatic rings. The molecule has 0 bridgehead atoms. The predicted octanol–water partition coefficient (Wildman–Crippen LogP) is -0.479. The summed E-state index contributed by atoms with van der Waals surface area (Å²) >= 11 is 0. The summed E-state index contributed by atoms with van der Waals surface area (Å²) in [6, 6.07) is 0. The number of aromatic carboxylic acids is 1. The molecule has 19 heavy (non-hydrogen) atoms. The molecule has 0 aliphatic rings. The van der Waals surface area contributed by atoms with Gasteiger partial charge in [-0.2, -0.15) is 13.5 Å². The minimum absolute atomic E-state index is 0.00651. The number of rotatable bonds is 5. The summed E-state index contributed by atoms with van der Waals surface area (Å²) < 4.78 is 32.0. The number of carbonyl (C=O) groups excluding carboxylic acids is 1. The molecule has 3 N–H and O–H groups in total. The number of carboxylic acids is 1. The summed E-state index contributed by atoms with van der Waals surface area (Å²) in [5.74, 6) is -1.65. The number of nitrogens with zero attached hydrogens (tertiary/aromatic N) is 2. The summed E-state index contributed by atoms with van der Waals surface area (Å²) in [5, 5.41) is 12.4. The van der Waals surface area contributed by atoms with E-state index < -0.39 is 22.3 Å². The van der Waals surface area contributed by atoms with E-state index in [9.17, 15) is 18.0 Å². The van der Waals surface area contributed by atoms with Gasteiger partial charge < -0.3 is 9.84 Å². The Kier molecular flexibility index (Phi) is 4.32. The molecular formula is C8H12N4O6S. The fourth-order valence-electron chi connectivity index (χ4n) is 1.14. The van der Waals surface area contributed by atoms with Crippen LogP contribution in [0.2, 0.25) is 0 Å². The number of hydrogen-bond acceptors (Lipinski definition) is 6. The fraction of sp³-hybridized carbons (Fsp3) is 0.375. The lowest BCUT2D eigenvalue weighted by Gasteiger charge is -2.09. The Hall–Kier alpha value is -2.30. The molecule has 0 unspecified atom stereocenters. The van der Waals surface area contributed by atoms with E-state index in [2.05, 4.69) is 9.84 Å². The van der Waals surface area contributed by atoms with Crippen molar-refractivity contribution in [2.45, 2.75) is 6.92 Å². The van der Waals surface area contributed by atoms with Crippen LogP contribution in [-0.2, 0) is 22.0 Å². The monoisotopic (exact) mass is 292 g/mol. The highest BCUT2D eigenvalue weighted by Crippen LogP contribution is 2.14. The minimum atomic E-state index is -4.30. The maximum atomic E-state index is 11.6. The zero-order chi connectivity index (χ0) is 14.6. The van der Waals surface area contributed by atoms with Gasteiger partial charge in [0, 0.05) is 7.05 Å². The average Bonchev–Trinajstić information content (AvgIpc) is 2.59. The minimum Gasteiger partial charge on any atom is -0.477 e. The van der Waals surface area contributed by atoms with Crippen LogP contribution in [0.1, 0.15) is 17.3 Å². The third-order valence-electron chi connectivity index (χ3n) is 1.89. The van der Waals surface area contributed by atoms with Crippen molar-refractivity contribution in [2.75, 3.05) is 11.3 Å². The van der Waals surface area contributed by atoms with Gasteiger partial charge in [0.15, 0.2) is 5.82 Å². The van der Waals surface area contributed by atoms with Crippen LogP contribution >= 0.6 is 0 Å². The molecule has 0 atom stereocenters. The first-order valence-corrected chi connectivity index (χ1v) is 6.47. The van der Waals surface area contributed by atoms with Gasteiger partial charge in [-0.05, 0) is 6.92 Å². The second-order valence-electron chi connectivity index (χ2n) is 3.26. The lowest BCUT2D eigenvalue weighted by molar-refractivity contribution is 0.0698. The lowest BCUT2D eigenvalue weighted by atomic mass is 10.3. The van der Waals surface area contributed by atoms with Gasteiger partial charge in [-0.1, -0.05) is 0 Å². The third-order valence-corrected chi connectivity index (χ3v) is 2.79. The van der Waals surface area contributed by atoms with Gasteiger partial charge in [0.05, 0.1) is 12.8 Å². The molecule has 11 heteroatoms. The molecule has 0 radical (unpaired) electrons. The molecule has 1 amide bonds. The van der Waals surface area contributed by atoms with E-state index in [1.807, 2.05) is 4.72 Å². The van der Waals surface area contributed by atoms with Crippen molar-refractivity contribution < 1.29 is 27.9 Å². The number of nitrogens with one attached hydrogen (secondary N) is 2. The van der Waals surface area contributed by atoms with Crippen molar-refractivity contribution in [3.8, 4) is 0 Å². The van der Waals surface area contributed by atoms with E-state index in [4.69, 9.17) is 5.11 Å². The van der Waals surface area contributed by atoms with Gasteiger partial charge >= 0.3 is 22.3 Å². The van der Waals surface area contributed by atoms with Crippen LogP contribution in [0.3, 0.4) is 0 Å². The molecule has 1 aromatic heterocycles. The predicted molar refractivity (Wildman–Crippen MR) is 62.9 cm³/mol. The van der Waals surface area contributed by atoms with Crippen LogP contribution in [0.25, 0.3) is 0 Å². The molecule has 106 valence electrons. The van der Waals surface area contributed by atoms with Crippen molar-refractivity contribution >= 4 is 28.1 Å². The molecule has 0 spiro atoms. The van der Waals surface area contributed by atoms with Crippen LogP contribution in [0.15, 0.2) is 6.20 Å². The maximum absolute atomic E-state index is 11.6. The largest absolute Gasteiger partial charge is 0.477 e. The molecular weight excluding hydrogens is 280 g/mol. The number of aromatic nitrogens is 2. The number of carboxylic acid groups (broad SMARTS) is 1. The van der Waals surface area contributed by atoms with E-state index in [0.29, 0.717) is 0 Å². The second kappa shape index (κ2) is 5.56. The van der Waals surface area contributed by atoms with E-state index in [1.54, 1.807) is 4.72 Å². The zero-order valence-corrected chi connectivity index (χ0v) is 10.9. The van der Waals surface area contributed by atoms with E-state index in [1.165, 1.54) is 14.0 Å². The molecule has 0 saturated heterocycles. The summed E-state index contributed by atoms with van der Waals surface area (Å²) in [4.78, 5) is 21.8. The Morgan fingerprint density at radius 1 is 1.53 bits per heavy atom. The lowest BCUT2D eigenvalue weighted by Crippen LogP contribution is -2.36. The molecule has 1 heterocycles. The van der Waals surface area contributed by atoms with Gasteiger partial charge in [0.25, 0.3) is 0 Å². The summed E-state index contributed by atoms with van der Waals surface area (Å²) in [6.45, 7) is 1.50. The van der Waals surface area contributed by atoms with Gasteiger partial charge in [0.2, 0.25) is 0 Å². The fourth-order valence-corrected chi connectivity index (χ4v) is 1.96. The number of ether oxygens (including phenoxy) is 1. The summed E-state index contributed by atoms with van der Waals surface area (Å²) in [7, 11) is -2.96. The van der Waals surface area contributed by atoms with Gasteiger partial charge in [-0.3, -0.25) is 4.68 Å². The highest BCUT2D eigenvalue weighted by atomic mass is 32.2. The zero-order valence-electron chi connectivity index (χ0n) is 10.1. The van der Waals surface area contributed by atoms with Crippen molar-refractivity contribution in [2.24, 2.45) is 7.05 Å². The number of amides is 1. The van der Waals surface area contributed by atoms with Gasteiger partial charge in [0.1, 0.15) is 5.56 Å². The number of hydrogen-bond donors (Lipinski definition) is 3. The number of anilines is 1. The molecule has 10 nitrogen and oxygen atoms in total. The Bertz CT molecular complexity index is 592. The van der Waals surface area contributed by atoms with Crippen molar-refractivity contribution in [3.63, 3.8) is 0 Å². The highest BCUT2D eigenvalue weighted by Gasteiger charge is 2.22. The van der Waals surface area contributed by atoms with Crippen LogP contribution < -0.4 is 9.44 Å². The Morgan fingerprint density at radius 3 is 2.68 bits per heavy atom. The quantitative estimate of drug-likeness (QED) is 0.665. The molecule has 0 aliphatic carbocycles. The molecule has 0 aliphatic heterocycles. The van der Waals surface area contributed by atoms with E-state index in [0.717, 1.165) is 10.9 Å². The molecule has 0 fully saturated rings. The smallest absolute Gasteiger partial charge is 0.422 e. The average molecular weight is 292 g/mol. The van der Waals surface area contributed by atoms with Crippen LogP contribution in [0.5, 0.6) is 0 Å². The summed E-state index contributed by atoms with van der Waals surface area (Å²) in [5.41, 5.74) is -0.350. The van der Waals surface area contributed by atoms with Gasteiger partial charge in [-0.15, -0.1) is 0 Å². The van der Waals surface area contributed by atoms with Crippen LogP contribution in [0.4, 0.5) is 10.6 Å². The third kappa shape index (κ3) is 3.84. The first-order valence-electron chi connectivity index (χ1n) is 4.99. The van der Waals surface area contributed by atoms with Crippen LogP contribution in [-0.4, -0.2) is 42.0 Å². The number of carbonyl (C=O) groups is 2. The van der Waals surface area contributed by atoms with Gasteiger partial charge in [-0.25, -0.2) is 19.0 Å². The van der Waals surface area contributed by atoms with Crippen molar-refractivity contribution in [1.29, 1.82) is 0 Å². The first-order chi connectivity index (χ1) is 8.76. The maximum Gasteiger partial charge on any atom is 0.422 e. The van der Waals surface area contributed by atoms with E-state index >= 15 is 0 Å². The molecule has 0 aromatic carbocycles. The number of aryl methyl sites for hydroxylation is 1. The van der Waals surface area contributed by atoms with Crippen LogP contribution in [0, 0.1) is 0 Å². The standard InChI is InChI=1S/C8H12N4O6S/c1-3-18-8(15)11-19(16,17)10-6-5(7(13)14)4-9-12(6)2/h4,10H,3H2,1-2H3,(H,11,15)(H,13,14). The Labute approximate surface area is 108 Å². The highest BCUT2D eigenvalue weighted by molar-refractivity contribution is 7.91. The summed E-state index contributed by atoms with van der Waals surface area (Å²) in [6.07, 6.45) is -0.195. The van der Waals surface area contributed by atoms with Crippen molar-refractivity contribution in [3.05, 3.63) is 11.8 Å². The Balaban J connectivity index is 2.93. The van der Waals surface area contributed by atoms with E-state index in [-0.39, 0.29) is 18.0 Å². The second-order valence-corrected chi connectivity index (χ2v) is 4.68. The first kappa shape index (κ1) is 14.8. The SMILES string of the molecule is CCOC(=O)NS(=O)(=O)Nc1c(C(=O)O)cnn1C. The normalized spacial score (nSPS) is 10.8. The molecule has 1 rings (SSSR count). The topological polar surface area (TPSA) is 140 Å². The molecule has 0 saturated carbocycles.